The summed E-state index contributed by atoms with van der Waals surface area (Å²) in [5, 5.41) is 3.04. The topological polar surface area (TPSA) is 41.6 Å². The molecule has 0 saturated carbocycles. The maximum absolute atomic E-state index is 13.9. The van der Waals surface area contributed by atoms with Crippen LogP contribution in [0, 0.1) is 17.2 Å². The molecule has 2 atom stereocenters. The number of benzene rings is 2. The van der Waals surface area contributed by atoms with Crippen LogP contribution in [0.15, 0.2) is 36.4 Å². The van der Waals surface area contributed by atoms with Gasteiger partial charge in [-0.3, -0.25) is 4.90 Å². The lowest BCUT2D eigenvalue weighted by Crippen LogP contribution is -2.53. The summed E-state index contributed by atoms with van der Waals surface area (Å²) in [7, 11) is 0. The number of carbonyl (C=O) groups is 1. The van der Waals surface area contributed by atoms with E-state index in [4.69, 9.17) is 4.74 Å². The first-order chi connectivity index (χ1) is 16.0. The SMILES string of the molecule is CC1(C)Cc2cc(-c3cc(F)cc(C(F)(F)F)c3)ccc2C1NC(=O)O[C@H]1CN2CCC1CC2. The van der Waals surface area contributed by atoms with Gasteiger partial charge in [0.1, 0.15) is 11.9 Å². The van der Waals surface area contributed by atoms with Crippen molar-refractivity contribution in [3.05, 3.63) is 58.9 Å². The Kier molecular flexibility index (Phi) is 5.62. The molecule has 3 saturated heterocycles. The van der Waals surface area contributed by atoms with Crippen LogP contribution in [0.4, 0.5) is 22.4 Å². The zero-order valence-corrected chi connectivity index (χ0v) is 19.2. The number of nitrogens with zero attached hydrogens (tertiary/aromatic N) is 1. The summed E-state index contributed by atoms with van der Waals surface area (Å²) in [6.45, 7) is 6.98. The van der Waals surface area contributed by atoms with E-state index in [1.165, 1.54) is 0 Å². The maximum atomic E-state index is 13.9. The van der Waals surface area contributed by atoms with E-state index in [1.807, 2.05) is 19.9 Å². The van der Waals surface area contributed by atoms with Crippen LogP contribution in [0.1, 0.15) is 49.4 Å². The lowest BCUT2D eigenvalue weighted by atomic mass is 9.85. The minimum absolute atomic E-state index is 0.0929. The standard InChI is InChI=1S/C26H28F4N2O2/c1-25(2)13-18-9-16(17-10-19(26(28,29)30)12-20(27)11-17)3-4-21(18)23(25)31-24(33)34-22-14-32-7-5-15(22)6-8-32/h3-4,9-12,15,22-23H,5-8,13-14H2,1-2H3,(H,31,33)/t22-,23?/m0/s1. The number of hydrogen-bond acceptors (Lipinski definition) is 3. The van der Waals surface area contributed by atoms with E-state index in [-0.39, 0.29) is 23.1 Å². The van der Waals surface area contributed by atoms with Crippen molar-refractivity contribution in [3.63, 3.8) is 0 Å². The Labute approximate surface area is 196 Å². The fraction of sp³-hybridized carbons (Fsp3) is 0.500. The number of halogens is 4. The third kappa shape index (κ3) is 4.40. The highest BCUT2D eigenvalue weighted by Gasteiger charge is 2.42. The zero-order chi connectivity index (χ0) is 24.3. The highest BCUT2D eigenvalue weighted by atomic mass is 19.4. The number of ether oxygens (including phenoxy) is 1. The van der Waals surface area contributed by atoms with Crippen molar-refractivity contribution in [2.75, 3.05) is 19.6 Å². The molecule has 8 heteroatoms. The van der Waals surface area contributed by atoms with Gasteiger partial charge in [0, 0.05) is 6.54 Å². The Bertz CT molecular complexity index is 1110. The molecule has 2 aromatic rings. The van der Waals surface area contributed by atoms with E-state index in [9.17, 15) is 22.4 Å². The summed E-state index contributed by atoms with van der Waals surface area (Å²) in [5.74, 6) is -0.518. The van der Waals surface area contributed by atoms with Gasteiger partial charge in [-0.1, -0.05) is 32.0 Å². The highest BCUT2D eigenvalue weighted by Crippen LogP contribution is 2.46. The highest BCUT2D eigenvalue weighted by molar-refractivity contribution is 5.70. The lowest BCUT2D eigenvalue weighted by Gasteiger charge is -2.44. The molecule has 1 N–H and O–H groups in total. The van der Waals surface area contributed by atoms with E-state index in [2.05, 4.69) is 10.2 Å². The van der Waals surface area contributed by atoms with E-state index >= 15 is 0 Å². The Morgan fingerprint density at radius 3 is 2.47 bits per heavy atom. The fourth-order valence-corrected chi connectivity index (χ4v) is 5.76. The number of fused-ring (bicyclic) bond motifs is 4. The van der Waals surface area contributed by atoms with Gasteiger partial charge >= 0.3 is 12.3 Å². The van der Waals surface area contributed by atoms with Crippen molar-refractivity contribution < 1.29 is 27.1 Å². The molecular formula is C26H28F4N2O2. The first-order valence-corrected chi connectivity index (χ1v) is 11.7. The second-order valence-corrected chi connectivity index (χ2v) is 10.5. The molecule has 0 spiro atoms. The number of amides is 1. The number of rotatable bonds is 3. The van der Waals surface area contributed by atoms with Gasteiger partial charge in [-0.2, -0.15) is 13.2 Å². The van der Waals surface area contributed by atoms with Gasteiger partial charge < -0.3 is 10.1 Å². The zero-order valence-electron chi connectivity index (χ0n) is 19.2. The quantitative estimate of drug-likeness (QED) is 0.557. The summed E-state index contributed by atoms with van der Waals surface area (Å²) in [4.78, 5) is 15.1. The van der Waals surface area contributed by atoms with Crippen LogP contribution >= 0.6 is 0 Å². The van der Waals surface area contributed by atoms with Gasteiger partial charge in [-0.15, -0.1) is 0 Å². The van der Waals surface area contributed by atoms with Crippen molar-refractivity contribution in [1.82, 2.24) is 10.2 Å². The van der Waals surface area contributed by atoms with Crippen LogP contribution in [0.5, 0.6) is 0 Å². The van der Waals surface area contributed by atoms with Gasteiger partial charge in [-0.05, 0) is 84.1 Å². The van der Waals surface area contributed by atoms with Gasteiger partial charge in [0.25, 0.3) is 0 Å². The van der Waals surface area contributed by atoms with E-state index in [0.717, 1.165) is 55.7 Å². The predicted octanol–water partition coefficient (Wildman–Crippen LogP) is 5.96. The summed E-state index contributed by atoms with van der Waals surface area (Å²) in [5.41, 5.74) is 1.19. The number of carbonyl (C=O) groups excluding carboxylic acids is 1. The summed E-state index contributed by atoms with van der Waals surface area (Å²) >= 11 is 0. The molecule has 3 heterocycles. The molecular weight excluding hydrogens is 448 g/mol. The molecule has 1 unspecified atom stereocenters. The third-order valence-corrected chi connectivity index (χ3v) is 7.56. The lowest BCUT2D eigenvalue weighted by molar-refractivity contribution is -0.137. The van der Waals surface area contributed by atoms with E-state index in [0.29, 0.717) is 24.0 Å². The second kappa shape index (κ2) is 8.26. The molecule has 1 aliphatic carbocycles. The van der Waals surface area contributed by atoms with Crippen molar-refractivity contribution in [2.45, 2.75) is 51.4 Å². The minimum atomic E-state index is -4.63. The van der Waals surface area contributed by atoms with Crippen molar-refractivity contribution in [1.29, 1.82) is 0 Å². The number of piperidine rings is 3. The largest absolute Gasteiger partial charge is 0.445 e. The van der Waals surface area contributed by atoms with E-state index < -0.39 is 23.7 Å². The summed E-state index contributed by atoms with van der Waals surface area (Å²) < 4.78 is 59.2. The Morgan fingerprint density at radius 2 is 1.82 bits per heavy atom. The molecule has 2 aromatic carbocycles. The molecule has 3 fully saturated rings. The molecule has 2 bridgehead atoms. The number of alkyl halides is 3. The molecule has 4 aliphatic rings. The van der Waals surface area contributed by atoms with Crippen molar-refractivity contribution >= 4 is 6.09 Å². The Morgan fingerprint density at radius 1 is 1.09 bits per heavy atom. The summed E-state index contributed by atoms with van der Waals surface area (Å²) in [6, 6.07) is 7.58. The van der Waals surface area contributed by atoms with Crippen LogP contribution < -0.4 is 5.32 Å². The molecule has 6 rings (SSSR count). The molecule has 34 heavy (non-hydrogen) atoms. The maximum Gasteiger partial charge on any atom is 0.416 e. The Hall–Kier alpha value is -2.61. The van der Waals surface area contributed by atoms with Gasteiger partial charge in [-0.25, -0.2) is 9.18 Å². The van der Waals surface area contributed by atoms with Crippen LogP contribution in [0.25, 0.3) is 11.1 Å². The average molecular weight is 477 g/mol. The third-order valence-electron chi connectivity index (χ3n) is 7.56. The van der Waals surface area contributed by atoms with Gasteiger partial charge in [0.15, 0.2) is 0 Å². The first-order valence-electron chi connectivity index (χ1n) is 11.7. The first kappa shape index (κ1) is 23.1. The average Bonchev–Trinajstić information content (AvgIpc) is 3.02. The second-order valence-electron chi connectivity index (χ2n) is 10.5. The minimum Gasteiger partial charge on any atom is -0.445 e. The number of nitrogens with one attached hydrogen (secondary N) is 1. The van der Waals surface area contributed by atoms with Crippen LogP contribution in [-0.4, -0.2) is 36.7 Å². The van der Waals surface area contributed by atoms with Crippen LogP contribution in [0.2, 0.25) is 0 Å². The molecule has 0 radical (unpaired) electrons. The normalized spacial score (nSPS) is 27.4. The summed E-state index contributed by atoms with van der Waals surface area (Å²) in [6.07, 6.45) is -2.43. The van der Waals surface area contributed by atoms with Crippen LogP contribution in [-0.2, 0) is 17.3 Å². The molecule has 182 valence electrons. The molecule has 0 aromatic heterocycles. The van der Waals surface area contributed by atoms with Gasteiger partial charge in [0.05, 0.1) is 11.6 Å². The molecule has 4 nitrogen and oxygen atoms in total. The molecule has 1 amide bonds. The van der Waals surface area contributed by atoms with Crippen molar-refractivity contribution in [3.8, 4) is 11.1 Å². The number of alkyl carbamates (subject to hydrolysis) is 1. The van der Waals surface area contributed by atoms with Gasteiger partial charge in [0.2, 0.25) is 0 Å². The van der Waals surface area contributed by atoms with Crippen LogP contribution in [0.3, 0.4) is 0 Å². The predicted molar refractivity (Wildman–Crippen MR) is 120 cm³/mol. The number of hydrogen-bond donors (Lipinski definition) is 1. The fourth-order valence-electron chi connectivity index (χ4n) is 5.76. The van der Waals surface area contributed by atoms with E-state index in [1.54, 1.807) is 12.1 Å². The van der Waals surface area contributed by atoms with Crippen molar-refractivity contribution in [2.24, 2.45) is 11.3 Å². The Balaban J connectivity index is 1.36. The monoisotopic (exact) mass is 476 g/mol. The molecule has 3 aliphatic heterocycles. The smallest absolute Gasteiger partial charge is 0.416 e.